The van der Waals surface area contributed by atoms with Crippen molar-refractivity contribution in [2.75, 3.05) is 5.88 Å². The number of aromatic hydroxyl groups is 1. The van der Waals surface area contributed by atoms with Crippen molar-refractivity contribution in [2.24, 2.45) is 0 Å². The second-order valence-electron chi connectivity index (χ2n) is 2.88. The van der Waals surface area contributed by atoms with Gasteiger partial charge in [-0.3, -0.25) is 4.79 Å². The summed E-state index contributed by atoms with van der Waals surface area (Å²) >= 11 is 11.2. The molecule has 0 unspecified atom stereocenters. The van der Waals surface area contributed by atoms with Gasteiger partial charge in [-0.1, -0.05) is 11.6 Å². The minimum absolute atomic E-state index is 0.0334. The molecule has 0 saturated heterocycles. The highest BCUT2D eigenvalue weighted by atomic mass is 35.5. The van der Waals surface area contributed by atoms with E-state index < -0.39 is 0 Å². The van der Waals surface area contributed by atoms with Gasteiger partial charge in [-0.25, -0.2) is 0 Å². The van der Waals surface area contributed by atoms with Crippen molar-refractivity contribution in [1.29, 1.82) is 0 Å². The number of rotatable bonds is 4. The number of halogens is 2. The van der Waals surface area contributed by atoms with Crippen molar-refractivity contribution in [3.63, 3.8) is 0 Å². The molecule has 1 aromatic rings. The van der Waals surface area contributed by atoms with Gasteiger partial charge in [-0.15, -0.1) is 11.6 Å². The monoisotopic (exact) mass is 232 g/mol. The van der Waals surface area contributed by atoms with Crippen LogP contribution in [0, 0.1) is 0 Å². The van der Waals surface area contributed by atoms with Crippen LogP contribution >= 0.6 is 23.2 Å². The molecule has 0 aliphatic rings. The molecule has 0 fully saturated rings. The molecule has 0 radical (unpaired) electrons. The maximum Gasteiger partial charge on any atom is 0.166 e. The average Bonchev–Trinajstić information content (AvgIpc) is 2.18. The Morgan fingerprint density at radius 3 is 2.79 bits per heavy atom. The Hall–Kier alpha value is -0.730. The van der Waals surface area contributed by atoms with E-state index in [1.54, 1.807) is 0 Å². The fourth-order valence-electron chi connectivity index (χ4n) is 1.09. The van der Waals surface area contributed by atoms with Crippen LogP contribution in [0.1, 0.15) is 23.2 Å². The van der Waals surface area contributed by atoms with E-state index in [0.717, 1.165) is 0 Å². The molecule has 0 spiro atoms. The Morgan fingerprint density at radius 1 is 1.43 bits per heavy atom. The SMILES string of the molecule is O=C(CCCCl)c1cc(Cl)ccc1O. The van der Waals surface area contributed by atoms with Crippen LogP contribution in [0.2, 0.25) is 5.02 Å². The van der Waals surface area contributed by atoms with Gasteiger partial charge in [-0.05, 0) is 24.6 Å². The topological polar surface area (TPSA) is 37.3 Å². The van der Waals surface area contributed by atoms with E-state index in [4.69, 9.17) is 23.2 Å². The summed E-state index contributed by atoms with van der Waals surface area (Å²) in [4.78, 5) is 11.5. The summed E-state index contributed by atoms with van der Waals surface area (Å²) < 4.78 is 0. The Kier molecular flexibility index (Phi) is 4.23. The molecule has 0 amide bonds. The quantitative estimate of drug-likeness (QED) is 0.640. The Bertz CT molecular complexity index is 337. The highest BCUT2D eigenvalue weighted by Crippen LogP contribution is 2.23. The van der Waals surface area contributed by atoms with Crippen LogP contribution in [0.5, 0.6) is 5.75 Å². The van der Waals surface area contributed by atoms with E-state index in [9.17, 15) is 9.90 Å². The van der Waals surface area contributed by atoms with E-state index in [1.165, 1.54) is 18.2 Å². The molecule has 0 aromatic heterocycles. The first kappa shape index (κ1) is 11.3. The second-order valence-corrected chi connectivity index (χ2v) is 3.69. The highest BCUT2D eigenvalue weighted by molar-refractivity contribution is 6.31. The predicted octanol–water partition coefficient (Wildman–Crippen LogP) is 3.25. The summed E-state index contributed by atoms with van der Waals surface area (Å²) in [5.74, 6) is 0.271. The standard InChI is InChI=1S/C10H10Cl2O2/c11-5-1-2-9(13)8-6-7(12)3-4-10(8)14/h3-4,6,14H,1-2,5H2. The zero-order chi connectivity index (χ0) is 10.6. The van der Waals surface area contributed by atoms with Crippen LogP contribution in [-0.2, 0) is 0 Å². The van der Waals surface area contributed by atoms with Gasteiger partial charge in [0.1, 0.15) is 5.75 Å². The number of hydrogen-bond acceptors (Lipinski definition) is 2. The number of phenols is 1. The lowest BCUT2D eigenvalue weighted by Gasteiger charge is -2.03. The number of carbonyl (C=O) groups is 1. The molecule has 4 heteroatoms. The van der Waals surface area contributed by atoms with E-state index in [2.05, 4.69) is 0 Å². The Morgan fingerprint density at radius 2 is 2.14 bits per heavy atom. The number of carbonyl (C=O) groups excluding carboxylic acids is 1. The van der Waals surface area contributed by atoms with Crippen LogP contribution < -0.4 is 0 Å². The van der Waals surface area contributed by atoms with Crippen LogP contribution in [0.25, 0.3) is 0 Å². The van der Waals surface area contributed by atoms with Gasteiger partial charge >= 0.3 is 0 Å². The lowest BCUT2D eigenvalue weighted by atomic mass is 10.1. The molecular formula is C10H10Cl2O2. The van der Waals surface area contributed by atoms with Crippen molar-refractivity contribution in [2.45, 2.75) is 12.8 Å². The number of phenolic OH excluding ortho intramolecular Hbond substituents is 1. The third-order valence-corrected chi connectivity index (χ3v) is 2.30. The maximum absolute atomic E-state index is 11.5. The average molecular weight is 233 g/mol. The first-order valence-electron chi connectivity index (χ1n) is 4.23. The lowest BCUT2D eigenvalue weighted by Crippen LogP contribution is -1.99. The number of alkyl halides is 1. The number of hydrogen-bond donors (Lipinski definition) is 1. The van der Waals surface area contributed by atoms with Crippen molar-refractivity contribution in [3.05, 3.63) is 28.8 Å². The van der Waals surface area contributed by atoms with Crippen molar-refractivity contribution < 1.29 is 9.90 Å². The fourth-order valence-corrected chi connectivity index (χ4v) is 1.40. The molecule has 2 nitrogen and oxygen atoms in total. The van der Waals surface area contributed by atoms with Crippen molar-refractivity contribution in [3.8, 4) is 5.75 Å². The first-order valence-corrected chi connectivity index (χ1v) is 5.14. The molecule has 0 aliphatic heterocycles. The Labute approximate surface area is 92.5 Å². The molecule has 0 saturated carbocycles. The van der Waals surface area contributed by atoms with E-state index in [1.807, 2.05) is 0 Å². The fraction of sp³-hybridized carbons (Fsp3) is 0.300. The van der Waals surface area contributed by atoms with E-state index in [0.29, 0.717) is 23.7 Å². The van der Waals surface area contributed by atoms with Crippen LogP contribution in [-0.4, -0.2) is 16.8 Å². The summed E-state index contributed by atoms with van der Waals surface area (Å²) in [6, 6.07) is 4.42. The van der Waals surface area contributed by atoms with Crippen molar-refractivity contribution in [1.82, 2.24) is 0 Å². The second kappa shape index (κ2) is 5.23. The van der Waals surface area contributed by atoms with Gasteiger partial charge in [-0.2, -0.15) is 0 Å². The van der Waals surface area contributed by atoms with Gasteiger partial charge in [0, 0.05) is 17.3 Å². The molecule has 0 bridgehead atoms. The zero-order valence-corrected chi connectivity index (χ0v) is 8.98. The summed E-state index contributed by atoms with van der Waals surface area (Å²) in [5, 5.41) is 9.83. The molecular weight excluding hydrogens is 223 g/mol. The minimum atomic E-state index is -0.134. The smallest absolute Gasteiger partial charge is 0.166 e. The molecule has 1 aromatic carbocycles. The summed E-state index contributed by atoms with van der Waals surface area (Å²) in [7, 11) is 0. The third-order valence-electron chi connectivity index (χ3n) is 1.80. The largest absolute Gasteiger partial charge is 0.507 e. The van der Waals surface area contributed by atoms with E-state index in [-0.39, 0.29) is 17.1 Å². The lowest BCUT2D eigenvalue weighted by molar-refractivity contribution is 0.0979. The van der Waals surface area contributed by atoms with Crippen molar-refractivity contribution >= 4 is 29.0 Å². The molecule has 14 heavy (non-hydrogen) atoms. The molecule has 1 N–H and O–H groups in total. The first-order chi connectivity index (χ1) is 6.65. The van der Waals surface area contributed by atoms with E-state index >= 15 is 0 Å². The number of Topliss-reactive ketones (excluding diaryl/α,β-unsaturated/α-hetero) is 1. The van der Waals surface area contributed by atoms with Crippen LogP contribution in [0.15, 0.2) is 18.2 Å². The third kappa shape index (κ3) is 2.89. The van der Waals surface area contributed by atoms with Gasteiger partial charge in [0.25, 0.3) is 0 Å². The van der Waals surface area contributed by atoms with Crippen LogP contribution in [0.4, 0.5) is 0 Å². The maximum atomic E-state index is 11.5. The van der Waals surface area contributed by atoms with Crippen LogP contribution in [0.3, 0.4) is 0 Å². The van der Waals surface area contributed by atoms with Gasteiger partial charge in [0.2, 0.25) is 0 Å². The summed E-state index contributed by atoms with van der Waals surface area (Å²) in [6.07, 6.45) is 0.934. The zero-order valence-electron chi connectivity index (χ0n) is 7.46. The Balaban J connectivity index is 2.83. The summed E-state index contributed by atoms with van der Waals surface area (Å²) in [6.45, 7) is 0. The van der Waals surface area contributed by atoms with Gasteiger partial charge in [0.05, 0.1) is 5.56 Å². The minimum Gasteiger partial charge on any atom is -0.507 e. The molecule has 1 rings (SSSR count). The number of ketones is 1. The molecule has 76 valence electrons. The highest BCUT2D eigenvalue weighted by Gasteiger charge is 2.10. The normalized spacial score (nSPS) is 10.1. The predicted molar refractivity (Wildman–Crippen MR) is 57.4 cm³/mol. The molecule has 0 atom stereocenters. The number of benzene rings is 1. The van der Waals surface area contributed by atoms with Gasteiger partial charge < -0.3 is 5.11 Å². The molecule has 0 aliphatic carbocycles. The molecule has 0 heterocycles. The summed E-state index contributed by atoms with van der Waals surface area (Å²) in [5.41, 5.74) is 0.266. The van der Waals surface area contributed by atoms with Gasteiger partial charge in [0.15, 0.2) is 5.78 Å².